The van der Waals surface area contributed by atoms with Gasteiger partial charge >= 0.3 is 0 Å². The minimum absolute atomic E-state index is 0.852. The van der Waals surface area contributed by atoms with E-state index in [0.29, 0.717) is 0 Å². The van der Waals surface area contributed by atoms with Gasteiger partial charge in [0.2, 0.25) is 0 Å². The smallest absolute Gasteiger partial charge is 0.159 e. The molecule has 0 spiro atoms. The third-order valence-corrected chi connectivity index (χ3v) is 18.4. The van der Waals surface area contributed by atoms with E-state index in [9.17, 15) is 0 Å². The first-order chi connectivity index (χ1) is 43.4. The van der Waals surface area contributed by atoms with E-state index < -0.39 is 0 Å². The van der Waals surface area contributed by atoms with E-state index in [0.717, 1.165) is 100 Å². The van der Waals surface area contributed by atoms with Gasteiger partial charge < -0.3 is 18.6 Å². The van der Waals surface area contributed by atoms with E-state index in [4.69, 9.17) is 8.83 Å². The van der Waals surface area contributed by atoms with E-state index in [-0.39, 0.29) is 0 Å². The van der Waals surface area contributed by atoms with E-state index in [1.807, 2.05) is 0 Å². The van der Waals surface area contributed by atoms with Crippen LogP contribution in [0.2, 0.25) is 0 Å². The maximum Gasteiger partial charge on any atom is 0.159 e. The van der Waals surface area contributed by atoms with Crippen molar-refractivity contribution in [2.24, 2.45) is 0 Å². The highest BCUT2D eigenvalue weighted by atomic mass is 16.3. The molecule has 0 unspecified atom stereocenters. The van der Waals surface area contributed by atoms with Crippen LogP contribution in [0.1, 0.15) is 22.3 Å². The number of rotatable bonds is 10. The summed E-state index contributed by atoms with van der Waals surface area (Å²) < 4.78 is 13.8. The number of benzene rings is 14. The Morgan fingerprint density at radius 3 is 0.875 bits per heavy atom. The summed E-state index contributed by atoms with van der Waals surface area (Å²) in [6.45, 7) is 8.90. The summed E-state index contributed by atoms with van der Waals surface area (Å²) in [5, 5.41) is 9.06. The molecule has 14 aromatic carbocycles. The molecule has 0 fully saturated rings. The molecule has 0 atom stereocenters. The third kappa shape index (κ3) is 7.78. The Morgan fingerprint density at radius 1 is 0.227 bits per heavy atom. The summed E-state index contributed by atoms with van der Waals surface area (Å²) in [5.41, 5.74) is 28.9. The van der Waals surface area contributed by atoms with Crippen LogP contribution in [-0.4, -0.2) is 0 Å². The van der Waals surface area contributed by atoms with Crippen LogP contribution in [-0.2, 0) is 0 Å². The van der Waals surface area contributed by atoms with Gasteiger partial charge in [-0.2, -0.15) is 0 Å². The van der Waals surface area contributed by atoms with Gasteiger partial charge in [-0.05, 0) is 187 Å². The molecule has 0 saturated heterocycles. The van der Waals surface area contributed by atoms with Crippen molar-refractivity contribution in [3.8, 4) is 66.8 Å². The highest BCUT2D eigenvalue weighted by molar-refractivity contribution is 6.33. The topological polar surface area (TPSA) is 32.8 Å². The number of nitrogens with zero attached hydrogens (tertiary/aromatic N) is 2. The van der Waals surface area contributed by atoms with Crippen LogP contribution in [0.15, 0.2) is 288 Å². The maximum absolute atomic E-state index is 6.92. The Bertz CT molecular complexity index is 5090. The molecule has 0 bridgehead atoms. The van der Waals surface area contributed by atoms with Crippen LogP contribution < -0.4 is 9.80 Å². The first-order valence-corrected chi connectivity index (χ1v) is 30.4. The molecular formula is C84H58N2O2. The number of para-hydroxylation sites is 6. The summed E-state index contributed by atoms with van der Waals surface area (Å²) >= 11 is 0. The Kier molecular flexibility index (Phi) is 11.8. The second-order valence-corrected chi connectivity index (χ2v) is 23.6. The second kappa shape index (κ2) is 20.2. The fourth-order valence-corrected chi connectivity index (χ4v) is 14.7. The maximum atomic E-state index is 6.92. The molecule has 16 aromatic rings. The molecular weight excluding hydrogens is 1070 g/mol. The third-order valence-electron chi connectivity index (χ3n) is 18.4. The standard InChI is InChI=1S/C84H58N2O2/c1-51-25-21-26-52(2)81(51)85(69-41-23-39-65-61-37-17-19-43-71(61)87-83(65)69)59-45-47-63-67(49-59)75(57-33-13-7-14-34-57)79-77(73(63)55-29-9-5-10-30-55)80-76(58-35-15-8-16-36-58)68-50-60(46-48-64(68)74(78(79)80)56-31-11-6-12-32-56)86(82-53(3)27-22-28-54(82)4)70-42-24-40-66-62-38-18-20-44-72(62)88-84(66)70/h5-50H,1-4H3. The van der Waals surface area contributed by atoms with Crippen molar-refractivity contribution < 1.29 is 8.83 Å². The molecule has 4 heteroatoms. The molecule has 1 aliphatic rings. The Hall–Kier alpha value is -11.2. The molecule has 1 aliphatic carbocycles. The molecule has 2 aromatic heterocycles. The van der Waals surface area contributed by atoms with Crippen molar-refractivity contribution in [3.05, 3.63) is 301 Å². The minimum Gasteiger partial charge on any atom is -0.454 e. The van der Waals surface area contributed by atoms with Gasteiger partial charge in [-0.15, -0.1) is 0 Å². The summed E-state index contributed by atoms with van der Waals surface area (Å²) in [5.74, 6) is 0. The molecule has 17 rings (SSSR count). The largest absolute Gasteiger partial charge is 0.454 e. The number of aryl methyl sites for hydroxylation is 4. The first kappa shape index (κ1) is 51.2. The van der Waals surface area contributed by atoms with Crippen molar-refractivity contribution >= 4 is 99.5 Å². The highest BCUT2D eigenvalue weighted by Crippen LogP contribution is 2.66. The van der Waals surface area contributed by atoms with Gasteiger partial charge in [-0.3, -0.25) is 0 Å². The van der Waals surface area contributed by atoms with E-state index in [1.165, 1.54) is 88.3 Å². The molecule has 0 saturated carbocycles. The van der Waals surface area contributed by atoms with Gasteiger partial charge in [0.25, 0.3) is 0 Å². The fourth-order valence-electron chi connectivity index (χ4n) is 14.7. The average Bonchev–Trinajstić information content (AvgIpc) is 1.86. The van der Waals surface area contributed by atoms with Crippen molar-refractivity contribution in [3.63, 3.8) is 0 Å². The Balaban J connectivity index is 1.01. The summed E-state index contributed by atoms with van der Waals surface area (Å²) in [6, 6.07) is 102. The Morgan fingerprint density at radius 2 is 0.523 bits per heavy atom. The normalized spacial score (nSPS) is 11.9. The second-order valence-electron chi connectivity index (χ2n) is 23.6. The number of anilines is 6. The average molecular weight is 1130 g/mol. The van der Waals surface area contributed by atoms with Crippen LogP contribution in [0.5, 0.6) is 0 Å². The zero-order valence-corrected chi connectivity index (χ0v) is 49.3. The van der Waals surface area contributed by atoms with Crippen LogP contribution in [0.4, 0.5) is 34.1 Å². The van der Waals surface area contributed by atoms with Crippen LogP contribution >= 0.6 is 0 Å². The fraction of sp³-hybridized carbons (Fsp3) is 0.0476. The molecule has 2 heterocycles. The van der Waals surface area contributed by atoms with Crippen LogP contribution in [0.25, 0.3) is 132 Å². The summed E-state index contributed by atoms with van der Waals surface area (Å²) in [7, 11) is 0. The summed E-state index contributed by atoms with van der Waals surface area (Å²) in [6.07, 6.45) is 0. The van der Waals surface area contributed by atoms with E-state index in [2.05, 4.69) is 317 Å². The van der Waals surface area contributed by atoms with Gasteiger partial charge in [0, 0.05) is 32.9 Å². The number of furan rings is 2. The summed E-state index contributed by atoms with van der Waals surface area (Å²) in [4.78, 5) is 4.90. The molecule has 88 heavy (non-hydrogen) atoms. The first-order valence-electron chi connectivity index (χ1n) is 30.4. The number of hydrogen-bond acceptors (Lipinski definition) is 4. The lowest BCUT2D eigenvalue weighted by Crippen LogP contribution is -2.14. The van der Waals surface area contributed by atoms with E-state index in [1.54, 1.807) is 0 Å². The minimum atomic E-state index is 0.852. The van der Waals surface area contributed by atoms with Crippen molar-refractivity contribution in [1.82, 2.24) is 0 Å². The lowest BCUT2D eigenvalue weighted by molar-refractivity contribution is 0.668. The zero-order valence-electron chi connectivity index (χ0n) is 49.3. The molecule has 0 amide bonds. The van der Waals surface area contributed by atoms with Gasteiger partial charge in [0.1, 0.15) is 11.2 Å². The quantitative estimate of drug-likeness (QED) is 0.137. The van der Waals surface area contributed by atoms with Crippen LogP contribution in [0, 0.1) is 27.7 Å². The SMILES string of the molecule is Cc1cccc(C)c1N(c1ccc2c(-c3ccccc3)c3c(c(-c4ccccc4)c2c1)-c1c-3c(-c2ccccc2)c2cc(N(c3c(C)cccc3C)c3cccc4c3oc3ccccc34)ccc2c1-c1ccccc1)c1cccc2c1oc1ccccc12. The van der Waals surface area contributed by atoms with Gasteiger partial charge in [0.05, 0.1) is 22.7 Å². The van der Waals surface area contributed by atoms with Gasteiger partial charge in [-0.25, -0.2) is 0 Å². The van der Waals surface area contributed by atoms with Crippen molar-refractivity contribution in [2.45, 2.75) is 27.7 Å². The van der Waals surface area contributed by atoms with Gasteiger partial charge in [-0.1, -0.05) is 231 Å². The van der Waals surface area contributed by atoms with Crippen molar-refractivity contribution in [1.29, 1.82) is 0 Å². The predicted molar refractivity (Wildman–Crippen MR) is 370 cm³/mol. The van der Waals surface area contributed by atoms with E-state index >= 15 is 0 Å². The number of hydrogen-bond donors (Lipinski definition) is 0. The molecule has 0 aliphatic heterocycles. The lowest BCUT2D eigenvalue weighted by Gasteiger charge is -2.38. The van der Waals surface area contributed by atoms with Gasteiger partial charge in [0.15, 0.2) is 11.2 Å². The number of fused-ring (bicyclic) bond motifs is 12. The molecule has 0 radical (unpaired) electrons. The predicted octanol–water partition coefficient (Wildman–Crippen LogP) is 24.3. The highest BCUT2D eigenvalue weighted by Gasteiger charge is 2.39. The molecule has 4 nitrogen and oxygen atoms in total. The molecule has 416 valence electrons. The van der Waals surface area contributed by atoms with Crippen molar-refractivity contribution in [2.75, 3.05) is 9.80 Å². The monoisotopic (exact) mass is 1130 g/mol. The Labute approximate surface area is 511 Å². The van der Waals surface area contributed by atoms with Crippen LogP contribution in [0.3, 0.4) is 0 Å². The lowest BCUT2D eigenvalue weighted by atomic mass is 9.65. The molecule has 0 N–H and O–H groups in total. The zero-order chi connectivity index (χ0) is 58.7.